The zero-order chi connectivity index (χ0) is 20.6. The number of carbonyl (C=O) groups is 2. The van der Waals surface area contributed by atoms with Crippen molar-refractivity contribution in [1.29, 1.82) is 0 Å². The molecule has 2 amide bonds. The number of benzene rings is 2. The summed E-state index contributed by atoms with van der Waals surface area (Å²) in [5.41, 5.74) is 1.30. The van der Waals surface area contributed by atoms with Gasteiger partial charge in [0.2, 0.25) is 5.91 Å². The largest absolute Gasteiger partial charge is 0.484 e. The minimum Gasteiger partial charge on any atom is -0.484 e. The summed E-state index contributed by atoms with van der Waals surface area (Å²) < 4.78 is 10.9. The van der Waals surface area contributed by atoms with Crippen molar-refractivity contribution in [2.24, 2.45) is 0 Å². The van der Waals surface area contributed by atoms with Crippen LogP contribution in [-0.4, -0.2) is 31.1 Å². The van der Waals surface area contributed by atoms with E-state index in [1.807, 2.05) is 0 Å². The molecule has 3 rings (SSSR count). The summed E-state index contributed by atoms with van der Waals surface area (Å²) in [7, 11) is 0. The van der Waals surface area contributed by atoms with Crippen LogP contribution in [0.4, 0.5) is 5.69 Å². The molecular formula is C21H22Cl2N2O4. The zero-order valence-corrected chi connectivity index (χ0v) is 17.3. The first kappa shape index (κ1) is 21.4. The number of carbonyl (C=O) groups excluding carboxylic acids is 2. The van der Waals surface area contributed by atoms with Crippen molar-refractivity contribution in [3.8, 4) is 5.75 Å². The highest BCUT2D eigenvalue weighted by molar-refractivity contribution is 6.33. The standard InChI is InChI=1S/C21H22Cl2N2O4/c22-15-5-7-16(8-6-15)29-13-20(26)25-18-9-4-14(11-17(18)23)12-24-21(27)19-3-1-2-10-28-19/h4-9,11,19H,1-3,10,12-13H2,(H,24,27)(H,25,26). The van der Waals surface area contributed by atoms with Crippen molar-refractivity contribution in [3.05, 3.63) is 58.1 Å². The molecule has 8 heteroatoms. The van der Waals surface area contributed by atoms with Crippen LogP contribution in [0.1, 0.15) is 24.8 Å². The van der Waals surface area contributed by atoms with Crippen LogP contribution in [0, 0.1) is 0 Å². The summed E-state index contributed by atoms with van der Waals surface area (Å²) in [6.07, 6.45) is 2.37. The van der Waals surface area contributed by atoms with Gasteiger partial charge in [-0.15, -0.1) is 0 Å². The fourth-order valence-corrected chi connectivity index (χ4v) is 3.26. The Morgan fingerprint density at radius 1 is 1.10 bits per heavy atom. The Morgan fingerprint density at radius 3 is 2.59 bits per heavy atom. The van der Waals surface area contributed by atoms with Crippen molar-refractivity contribution in [1.82, 2.24) is 5.32 Å². The van der Waals surface area contributed by atoms with Gasteiger partial charge in [-0.1, -0.05) is 29.3 Å². The predicted molar refractivity (Wildman–Crippen MR) is 112 cm³/mol. The van der Waals surface area contributed by atoms with E-state index in [-0.39, 0.29) is 24.5 Å². The van der Waals surface area contributed by atoms with E-state index < -0.39 is 0 Å². The molecule has 0 saturated carbocycles. The molecule has 0 radical (unpaired) electrons. The van der Waals surface area contributed by atoms with E-state index in [1.165, 1.54) is 0 Å². The lowest BCUT2D eigenvalue weighted by atomic mass is 10.1. The lowest BCUT2D eigenvalue weighted by Gasteiger charge is -2.21. The van der Waals surface area contributed by atoms with Gasteiger partial charge in [0.05, 0.1) is 10.7 Å². The van der Waals surface area contributed by atoms with E-state index in [1.54, 1.807) is 42.5 Å². The Kier molecular flexibility index (Phi) is 7.75. The first-order valence-electron chi connectivity index (χ1n) is 9.37. The fraction of sp³-hybridized carbons (Fsp3) is 0.333. The van der Waals surface area contributed by atoms with E-state index in [9.17, 15) is 9.59 Å². The average molecular weight is 437 g/mol. The van der Waals surface area contributed by atoms with E-state index in [2.05, 4.69) is 10.6 Å². The van der Waals surface area contributed by atoms with Gasteiger partial charge in [0.25, 0.3) is 5.91 Å². The van der Waals surface area contributed by atoms with Crippen LogP contribution >= 0.6 is 23.2 Å². The highest BCUT2D eigenvalue weighted by Crippen LogP contribution is 2.23. The van der Waals surface area contributed by atoms with E-state index in [4.69, 9.17) is 32.7 Å². The monoisotopic (exact) mass is 436 g/mol. The average Bonchev–Trinajstić information content (AvgIpc) is 2.74. The maximum Gasteiger partial charge on any atom is 0.262 e. The van der Waals surface area contributed by atoms with Gasteiger partial charge in [-0.05, 0) is 61.2 Å². The van der Waals surface area contributed by atoms with Gasteiger partial charge >= 0.3 is 0 Å². The number of anilines is 1. The zero-order valence-electron chi connectivity index (χ0n) is 15.8. The Morgan fingerprint density at radius 2 is 1.90 bits per heavy atom. The third kappa shape index (κ3) is 6.63. The number of halogens is 2. The van der Waals surface area contributed by atoms with Crippen molar-refractivity contribution >= 4 is 40.7 Å². The van der Waals surface area contributed by atoms with Crippen molar-refractivity contribution in [3.63, 3.8) is 0 Å². The maximum atomic E-state index is 12.1. The molecule has 2 aromatic rings. The Balaban J connectivity index is 1.47. The number of ether oxygens (including phenoxy) is 2. The third-order valence-electron chi connectivity index (χ3n) is 4.43. The number of nitrogens with one attached hydrogen (secondary N) is 2. The van der Waals surface area contributed by atoms with Gasteiger partial charge in [-0.25, -0.2) is 0 Å². The Labute approximate surface area is 179 Å². The van der Waals surface area contributed by atoms with Gasteiger partial charge in [-0.2, -0.15) is 0 Å². The molecule has 29 heavy (non-hydrogen) atoms. The normalized spacial score (nSPS) is 16.1. The van der Waals surface area contributed by atoms with Crippen LogP contribution in [0.3, 0.4) is 0 Å². The van der Waals surface area contributed by atoms with E-state index in [0.717, 1.165) is 24.8 Å². The second-order valence-corrected chi connectivity index (χ2v) is 7.52. The molecule has 0 aliphatic carbocycles. The summed E-state index contributed by atoms with van der Waals surface area (Å²) in [5, 5.41) is 6.54. The first-order chi connectivity index (χ1) is 14.0. The molecule has 1 unspecified atom stereocenters. The highest BCUT2D eigenvalue weighted by Gasteiger charge is 2.21. The molecule has 0 spiro atoms. The Bertz CT molecular complexity index is 852. The van der Waals surface area contributed by atoms with Gasteiger partial charge in [0.1, 0.15) is 11.9 Å². The molecular weight excluding hydrogens is 415 g/mol. The van der Waals surface area contributed by atoms with Crippen molar-refractivity contribution in [2.45, 2.75) is 31.9 Å². The summed E-state index contributed by atoms with van der Waals surface area (Å²) in [6, 6.07) is 11.9. The third-order valence-corrected chi connectivity index (χ3v) is 4.99. The molecule has 1 aliphatic rings. The first-order valence-corrected chi connectivity index (χ1v) is 10.1. The molecule has 6 nitrogen and oxygen atoms in total. The summed E-state index contributed by atoms with van der Waals surface area (Å²) >= 11 is 12.1. The van der Waals surface area contributed by atoms with Crippen molar-refractivity contribution in [2.75, 3.05) is 18.5 Å². The van der Waals surface area contributed by atoms with Gasteiger partial charge in [0.15, 0.2) is 6.61 Å². The molecule has 2 N–H and O–H groups in total. The van der Waals surface area contributed by atoms with Crippen LogP contribution in [0.25, 0.3) is 0 Å². The maximum absolute atomic E-state index is 12.1. The van der Waals surface area contributed by atoms with Crippen LogP contribution in [0.5, 0.6) is 5.75 Å². The van der Waals surface area contributed by atoms with Crippen LogP contribution in [0.15, 0.2) is 42.5 Å². The SMILES string of the molecule is O=C(COc1ccc(Cl)cc1)Nc1ccc(CNC(=O)C2CCCCO2)cc1Cl. The molecule has 1 saturated heterocycles. The molecule has 1 atom stereocenters. The molecule has 0 aromatic heterocycles. The van der Waals surface area contributed by atoms with Gasteiger partial charge in [0, 0.05) is 18.2 Å². The van der Waals surface area contributed by atoms with Crippen LogP contribution in [0.2, 0.25) is 10.0 Å². The summed E-state index contributed by atoms with van der Waals surface area (Å²) in [5.74, 6) is 0.0959. The summed E-state index contributed by atoms with van der Waals surface area (Å²) in [6.45, 7) is 0.809. The smallest absolute Gasteiger partial charge is 0.262 e. The fourth-order valence-electron chi connectivity index (χ4n) is 2.89. The van der Waals surface area contributed by atoms with Gasteiger partial charge in [-0.3, -0.25) is 9.59 Å². The van der Waals surface area contributed by atoms with Crippen LogP contribution < -0.4 is 15.4 Å². The molecule has 2 aromatic carbocycles. The minimum absolute atomic E-state index is 0.113. The second kappa shape index (κ2) is 10.5. The highest BCUT2D eigenvalue weighted by atomic mass is 35.5. The number of rotatable bonds is 7. The van der Waals surface area contributed by atoms with Crippen LogP contribution in [-0.2, 0) is 20.9 Å². The Hall–Kier alpha value is -2.28. The predicted octanol–water partition coefficient (Wildman–Crippen LogP) is 4.20. The second-order valence-electron chi connectivity index (χ2n) is 6.68. The number of hydrogen-bond donors (Lipinski definition) is 2. The van der Waals surface area contributed by atoms with Crippen molar-refractivity contribution < 1.29 is 19.1 Å². The summed E-state index contributed by atoms with van der Waals surface area (Å²) in [4.78, 5) is 24.2. The molecule has 1 aliphatic heterocycles. The number of hydrogen-bond acceptors (Lipinski definition) is 4. The van der Waals surface area contributed by atoms with E-state index in [0.29, 0.717) is 34.6 Å². The molecule has 1 heterocycles. The molecule has 0 bridgehead atoms. The molecule has 154 valence electrons. The molecule has 1 fully saturated rings. The lowest BCUT2D eigenvalue weighted by Crippen LogP contribution is -2.37. The lowest BCUT2D eigenvalue weighted by molar-refractivity contribution is -0.135. The topological polar surface area (TPSA) is 76.7 Å². The van der Waals surface area contributed by atoms with Gasteiger partial charge < -0.3 is 20.1 Å². The van der Waals surface area contributed by atoms with E-state index >= 15 is 0 Å². The quantitative estimate of drug-likeness (QED) is 0.681. The minimum atomic E-state index is -0.376. The number of amides is 2.